The standard InChI is InChI=1S/C13H13N3O3/c17-8-2-4-9-3-1-5-11(14-9)16-13(19)10-6-7-12(18)15-10/h1,3,5,10,17H,6-8H2,(H,15,18)(H,14,16,19). The lowest BCUT2D eigenvalue weighted by atomic mass is 10.2. The molecule has 19 heavy (non-hydrogen) atoms. The Bertz CT molecular complexity index is 560. The molecule has 6 nitrogen and oxygen atoms in total. The summed E-state index contributed by atoms with van der Waals surface area (Å²) < 4.78 is 0. The SMILES string of the molecule is O=C1CCC(C(=O)Nc2cccc(C#CCO)n2)N1. The lowest BCUT2D eigenvalue weighted by Crippen LogP contribution is -2.37. The number of carbonyl (C=O) groups is 2. The first-order chi connectivity index (χ1) is 9.19. The molecule has 3 N–H and O–H groups in total. The third-order valence-corrected chi connectivity index (χ3v) is 2.61. The largest absolute Gasteiger partial charge is 0.384 e. The number of anilines is 1. The fourth-order valence-corrected chi connectivity index (χ4v) is 1.73. The number of nitrogens with zero attached hydrogens (tertiary/aromatic N) is 1. The van der Waals surface area contributed by atoms with E-state index in [1.165, 1.54) is 0 Å². The Morgan fingerprint density at radius 1 is 1.58 bits per heavy atom. The van der Waals surface area contributed by atoms with E-state index in [1.54, 1.807) is 18.2 Å². The van der Waals surface area contributed by atoms with Crippen molar-refractivity contribution in [1.29, 1.82) is 0 Å². The van der Waals surface area contributed by atoms with Gasteiger partial charge in [-0.3, -0.25) is 9.59 Å². The van der Waals surface area contributed by atoms with Crippen LogP contribution < -0.4 is 10.6 Å². The zero-order valence-corrected chi connectivity index (χ0v) is 10.1. The van der Waals surface area contributed by atoms with E-state index in [9.17, 15) is 9.59 Å². The molecule has 1 unspecified atom stereocenters. The molecule has 2 rings (SSSR count). The van der Waals surface area contributed by atoms with Gasteiger partial charge >= 0.3 is 0 Å². The molecule has 1 aromatic rings. The van der Waals surface area contributed by atoms with Crippen LogP contribution in [0.5, 0.6) is 0 Å². The van der Waals surface area contributed by atoms with Crippen LogP contribution in [0.2, 0.25) is 0 Å². The van der Waals surface area contributed by atoms with Gasteiger partial charge in [0.25, 0.3) is 0 Å². The van der Waals surface area contributed by atoms with Crippen LogP contribution in [0.25, 0.3) is 0 Å². The number of hydrogen-bond donors (Lipinski definition) is 3. The molecule has 0 aromatic carbocycles. The Balaban J connectivity index is 2.02. The van der Waals surface area contributed by atoms with Crippen molar-refractivity contribution in [2.75, 3.05) is 11.9 Å². The third kappa shape index (κ3) is 3.53. The zero-order valence-electron chi connectivity index (χ0n) is 10.1. The van der Waals surface area contributed by atoms with E-state index in [-0.39, 0.29) is 18.4 Å². The van der Waals surface area contributed by atoms with Crippen LogP contribution in [0.4, 0.5) is 5.82 Å². The fraction of sp³-hybridized carbons (Fsp3) is 0.308. The van der Waals surface area contributed by atoms with Crippen LogP contribution in [-0.2, 0) is 9.59 Å². The number of aliphatic hydroxyl groups excluding tert-OH is 1. The molecule has 1 fully saturated rings. The molecule has 1 aliphatic rings. The molecule has 0 radical (unpaired) electrons. The second-order valence-corrected chi connectivity index (χ2v) is 4.02. The minimum Gasteiger partial charge on any atom is -0.384 e. The Kier molecular flexibility index (Phi) is 4.11. The van der Waals surface area contributed by atoms with E-state index >= 15 is 0 Å². The van der Waals surface area contributed by atoms with Gasteiger partial charge in [-0.25, -0.2) is 4.98 Å². The molecule has 0 aliphatic carbocycles. The van der Waals surface area contributed by atoms with Crippen molar-refractivity contribution in [2.45, 2.75) is 18.9 Å². The number of nitrogens with one attached hydrogen (secondary N) is 2. The molecule has 2 heterocycles. The van der Waals surface area contributed by atoms with Crippen LogP contribution in [0, 0.1) is 11.8 Å². The molecule has 0 saturated carbocycles. The average molecular weight is 259 g/mol. The molecule has 1 aliphatic heterocycles. The summed E-state index contributed by atoms with van der Waals surface area (Å²) in [6.07, 6.45) is 0.863. The van der Waals surface area contributed by atoms with Crippen LogP contribution >= 0.6 is 0 Å². The van der Waals surface area contributed by atoms with Gasteiger partial charge < -0.3 is 15.7 Å². The molecule has 0 spiro atoms. The van der Waals surface area contributed by atoms with Crippen molar-refractivity contribution in [3.63, 3.8) is 0 Å². The molecule has 1 aromatic heterocycles. The Labute approximate surface area is 110 Å². The highest BCUT2D eigenvalue weighted by Gasteiger charge is 2.27. The van der Waals surface area contributed by atoms with Gasteiger partial charge in [0.05, 0.1) is 0 Å². The lowest BCUT2D eigenvalue weighted by Gasteiger charge is -2.10. The first kappa shape index (κ1) is 13.1. The minimum absolute atomic E-state index is 0.115. The van der Waals surface area contributed by atoms with Crippen molar-refractivity contribution in [1.82, 2.24) is 10.3 Å². The normalized spacial score (nSPS) is 17.3. The van der Waals surface area contributed by atoms with Crippen molar-refractivity contribution in [3.05, 3.63) is 23.9 Å². The fourth-order valence-electron chi connectivity index (χ4n) is 1.73. The highest BCUT2D eigenvalue weighted by Crippen LogP contribution is 2.10. The van der Waals surface area contributed by atoms with Gasteiger partial charge in [0.2, 0.25) is 11.8 Å². The monoisotopic (exact) mass is 259 g/mol. The second-order valence-electron chi connectivity index (χ2n) is 4.02. The number of carbonyl (C=O) groups excluding carboxylic acids is 2. The van der Waals surface area contributed by atoms with Gasteiger partial charge in [-0.2, -0.15) is 0 Å². The van der Waals surface area contributed by atoms with Crippen molar-refractivity contribution in [3.8, 4) is 11.8 Å². The van der Waals surface area contributed by atoms with Gasteiger partial charge in [-0.05, 0) is 24.5 Å². The Hall–Kier alpha value is -2.39. The van der Waals surface area contributed by atoms with Gasteiger partial charge in [0.15, 0.2) is 0 Å². The Morgan fingerprint density at radius 3 is 3.11 bits per heavy atom. The van der Waals surface area contributed by atoms with E-state index in [4.69, 9.17) is 5.11 Å². The minimum atomic E-state index is -0.499. The summed E-state index contributed by atoms with van der Waals surface area (Å²) in [5.74, 6) is 5.10. The molecular weight excluding hydrogens is 246 g/mol. The molecule has 1 saturated heterocycles. The summed E-state index contributed by atoms with van der Waals surface area (Å²) in [4.78, 5) is 27.0. The maximum absolute atomic E-state index is 11.8. The van der Waals surface area contributed by atoms with Gasteiger partial charge in [0, 0.05) is 6.42 Å². The first-order valence-corrected chi connectivity index (χ1v) is 5.86. The quantitative estimate of drug-likeness (QED) is 0.633. The number of aliphatic hydroxyl groups is 1. The highest BCUT2D eigenvalue weighted by molar-refractivity contribution is 5.98. The number of hydrogen-bond acceptors (Lipinski definition) is 4. The van der Waals surface area contributed by atoms with E-state index in [0.29, 0.717) is 24.4 Å². The molecule has 6 heteroatoms. The van der Waals surface area contributed by atoms with Crippen LogP contribution in [0.3, 0.4) is 0 Å². The molecular formula is C13H13N3O3. The highest BCUT2D eigenvalue weighted by atomic mass is 16.2. The van der Waals surface area contributed by atoms with E-state index in [0.717, 1.165) is 0 Å². The van der Waals surface area contributed by atoms with Gasteiger partial charge in [0.1, 0.15) is 24.2 Å². The first-order valence-electron chi connectivity index (χ1n) is 5.86. The maximum atomic E-state index is 11.8. The van der Waals surface area contributed by atoms with Gasteiger partial charge in [-0.15, -0.1) is 0 Å². The molecule has 2 amide bonds. The van der Waals surface area contributed by atoms with E-state index in [1.807, 2.05) is 0 Å². The smallest absolute Gasteiger partial charge is 0.248 e. The number of pyridine rings is 1. The molecule has 98 valence electrons. The second kappa shape index (κ2) is 5.98. The average Bonchev–Trinajstić information content (AvgIpc) is 2.83. The topological polar surface area (TPSA) is 91.3 Å². The molecule has 1 atom stereocenters. The molecule has 0 bridgehead atoms. The van der Waals surface area contributed by atoms with E-state index in [2.05, 4.69) is 27.5 Å². The summed E-state index contributed by atoms with van der Waals surface area (Å²) in [6.45, 7) is -0.244. The van der Waals surface area contributed by atoms with Crippen molar-refractivity contribution >= 4 is 17.6 Å². The summed E-state index contributed by atoms with van der Waals surface area (Å²) in [7, 11) is 0. The van der Waals surface area contributed by atoms with Crippen molar-refractivity contribution < 1.29 is 14.7 Å². The van der Waals surface area contributed by atoms with Gasteiger partial charge in [-0.1, -0.05) is 12.0 Å². The summed E-state index contributed by atoms with van der Waals surface area (Å²) in [5.41, 5.74) is 0.460. The van der Waals surface area contributed by atoms with Crippen LogP contribution in [-0.4, -0.2) is 34.6 Å². The maximum Gasteiger partial charge on any atom is 0.248 e. The number of amides is 2. The number of aromatic nitrogens is 1. The third-order valence-electron chi connectivity index (χ3n) is 2.61. The predicted molar refractivity (Wildman–Crippen MR) is 68.0 cm³/mol. The number of rotatable bonds is 2. The summed E-state index contributed by atoms with van der Waals surface area (Å²) in [6, 6.07) is 4.52. The van der Waals surface area contributed by atoms with Crippen LogP contribution in [0.1, 0.15) is 18.5 Å². The summed E-state index contributed by atoms with van der Waals surface area (Å²) in [5, 5.41) is 13.8. The zero-order chi connectivity index (χ0) is 13.7. The summed E-state index contributed by atoms with van der Waals surface area (Å²) >= 11 is 0. The van der Waals surface area contributed by atoms with Crippen LogP contribution in [0.15, 0.2) is 18.2 Å². The van der Waals surface area contributed by atoms with E-state index < -0.39 is 6.04 Å². The Morgan fingerprint density at radius 2 is 2.42 bits per heavy atom. The lowest BCUT2D eigenvalue weighted by molar-refractivity contribution is -0.122. The predicted octanol–water partition coefficient (Wildman–Crippen LogP) is -0.357. The van der Waals surface area contributed by atoms with Crippen molar-refractivity contribution in [2.24, 2.45) is 0 Å².